The summed E-state index contributed by atoms with van der Waals surface area (Å²) >= 11 is 0. The average Bonchev–Trinajstić information content (AvgIpc) is 2.46. The summed E-state index contributed by atoms with van der Waals surface area (Å²) in [7, 11) is -3.65. The first-order valence-electron chi connectivity index (χ1n) is 4.88. The zero-order valence-electron chi connectivity index (χ0n) is 8.69. The van der Waals surface area contributed by atoms with Gasteiger partial charge in [0.1, 0.15) is 10.6 Å². The predicted octanol–water partition coefficient (Wildman–Crippen LogP) is 0.907. The molecule has 16 heavy (non-hydrogen) atoms. The highest BCUT2D eigenvalue weighted by atomic mass is 32.2. The molecular formula is C10H11NO4S. The van der Waals surface area contributed by atoms with Gasteiger partial charge in [-0.2, -0.15) is 0 Å². The quantitative estimate of drug-likeness (QED) is 0.853. The second kappa shape index (κ2) is 3.79. The lowest BCUT2D eigenvalue weighted by Crippen LogP contribution is -2.20. The number of fused-ring (bicyclic) bond motifs is 1. The van der Waals surface area contributed by atoms with Gasteiger partial charge in [-0.25, -0.2) is 13.1 Å². The first-order valence-corrected chi connectivity index (χ1v) is 6.37. The number of amides is 1. The van der Waals surface area contributed by atoms with Crippen molar-refractivity contribution in [3.63, 3.8) is 0 Å². The van der Waals surface area contributed by atoms with Crippen LogP contribution >= 0.6 is 0 Å². The van der Waals surface area contributed by atoms with Crippen LogP contribution in [0.3, 0.4) is 0 Å². The fraction of sp³-hybridized carbons (Fsp3) is 0.300. The first-order chi connectivity index (χ1) is 7.54. The normalized spacial score (nSPS) is 16.7. The number of rotatable bonds is 3. The Balaban J connectivity index is 2.41. The molecule has 0 saturated carbocycles. The molecule has 86 valence electrons. The summed E-state index contributed by atoms with van der Waals surface area (Å²) in [5, 5.41) is 0. The van der Waals surface area contributed by atoms with Crippen LogP contribution in [0, 0.1) is 0 Å². The van der Waals surface area contributed by atoms with E-state index in [0.717, 1.165) is 6.42 Å². The standard InChI is InChI=1S/C10H11NO4S/c1-2-5-15-7-3-4-9-8(6-7)10(12)11-16(9,13)14/h3-4,6H,2,5H2,1H3,(H,11,12). The van der Waals surface area contributed by atoms with Crippen molar-refractivity contribution in [2.75, 3.05) is 6.61 Å². The lowest BCUT2D eigenvalue weighted by molar-refractivity contribution is 0.0984. The summed E-state index contributed by atoms with van der Waals surface area (Å²) in [6, 6.07) is 4.38. The fourth-order valence-corrected chi connectivity index (χ4v) is 2.61. The second-order valence-electron chi connectivity index (χ2n) is 3.44. The average molecular weight is 241 g/mol. The zero-order valence-corrected chi connectivity index (χ0v) is 9.50. The summed E-state index contributed by atoms with van der Waals surface area (Å²) in [5.74, 6) is -0.0928. The van der Waals surface area contributed by atoms with E-state index in [4.69, 9.17) is 4.74 Å². The van der Waals surface area contributed by atoms with Gasteiger partial charge in [0.25, 0.3) is 15.9 Å². The van der Waals surface area contributed by atoms with Gasteiger partial charge in [-0.1, -0.05) is 6.92 Å². The van der Waals surface area contributed by atoms with Crippen molar-refractivity contribution < 1.29 is 17.9 Å². The Kier molecular flexibility index (Phi) is 2.59. The maximum atomic E-state index is 11.4. The largest absolute Gasteiger partial charge is 0.494 e. The third-order valence-electron chi connectivity index (χ3n) is 2.19. The molecule has 0 spiro atoms. The van der Waals surface area contributed by atoms with Crippen LogP contribution in [0.1, 0.15) is 23.7 Å². The summed E-state index contributed by atoms with van der Waals surface area (Å²) in [4.78, 5) is 11.4. The third-order valence-corrected chi connectivity index (χ3v) is 3.57. The Hall–Kier alpha value is -1.56. The third kappa shape index (κ3) is 1.76. The first kappa shape index (κ1) is 10.9. The number of benzene rings is 1. The molecule has 2 rings (SSSR count). The Morgan fingerprint density at radius 2 is 2.12 bits per heavy atom. The molecule has 1 aromatic rings. The van der Waals surface area contributed by atoms with Crippen molar-refractivity contribution in [1.82, 2.24) is 4.72 Å². The van der Waals surface area contributed by atoms with Crippen LogP contribution < -0.4 is 9.46 Å². The molecule has 0 radical (unpaired) electrons. The van der Waals surface area contributed by atoms with Crippen LogP contribution in [0.15, 0.2) is 23.1 Å². The monoisotopic (exact) mass is 241 g/mol. The van der Waals surface area contributed by atoms with Gasteiger partial charge in [0.15, 0.2) is 0 Å². The van der Waals surface area contributed by atoms with Gasteiger partial charge in [0, 0.05) is 0 Å². The summed E-state index contributed by atoms with van der Waals surface area (Å²) < 4.78 is 30.1. The number of carbonyl (C=O) groups excluding carboxylic acids is 1. The summed E-state index contributed by atoms with van der Waals surface area (Å²) in [5.41, 5.74) is 0.147. The highest BCUT2D eigenvalue weighted by Gasteiger charge is 2.32. The number of hydrogen-bond acceptors (Lipinski definition) is 4. The number of carbonyl (C=O) groups is 1. The van der Waals surface area contributed by atoms with Gasteiger partial charge in [-0.05, 0) is 24.6 Å². The molecule has 1 aliphatic rings. The molecule has 6 heteroatoms. The van der Waals surface area contributed by atoms with Gasteiger partial charge in [-0.15, -0.1) is 0 Å². The topological polar surface area (TPSA) is 72.5 Å². The maximum absolute atomic E-state index is 11.4. The van der Waals surface area contributed by atoms with Gasteiger partial charge in [0.05, 0.1) is 12.2 Å². The van der Waals surface area contributed by atoms with Crippen LogP contribution in [0.25, 0.3) is 0 Å². The maximum Gasteiger partial charge on any atom is 0.266 e. The number of hydrogen-bond donors (Lipinski definition) is 1. The van der Waals surface area contributed by atoms with Crippen LogP contribution in [0.2, 0.25) is 0 Å². The fourth-order valence-electron chi connectivity index (χ4n) is 1.46. The van der Waals surface area contributed by atoms with Crippen molar-refractivity contribution >= 4 is 15.9 Å². The summed E-state index contributed by atoms with van der Waals surface area (Å²) in [6.07, 6.45) is 0.849. The molecule has 1 heterocycles. The van der Waals surface area contributed by atoms with Gasteiger partial charge in [0.2, 0.25) is 0 Å². The van der Waals surface area contributed by atoms with E-state index < -0.39 is 15.9 Å². The van der Waals surface area contributed by atoms with Crippen molar-refractivity contribution in [2.24, 2.45) is 0 Å². The van der Waals surface area contributed by atoms with E-state index in [-0.39, 0.29) is 10.5 Å². The molecule has 0 saturated heterocycles. The molecule has 0 unspecified atom stereocenters. The van der Waals surface area contributed by atoms with Gasteiger partial charge >= 0.3 is 0 Å². The van der Waals surface area contributed by atoms with Gasteiger partial charge < -0.3 is 4.74 Å². The number of ether oxygens (including phenoxy) is 1. The molecule has 1 amide bonds. The Bertz CT molecular complexity index is 536. The van der Waals surface area contributed by atoms with E-state index >= 15 is 0 Å². The molecule has 1 aliphatic heterocycles. The predicted molar refractivity (Wildman–Crippen MR) is 56.9 cm³/mol. The molecule has 5 nitrogen and oxygen atoms in total. The van der Waals surface area contributed by atoms with E-state index in [1.165, 1.54) is 12.1 Å². The number of sulfonamides is 1. The van der Waals surface area contributed by atoms with Crippen molar-refractivity contribution in [2.45, 2.75) is 18.2 Å². The Morgan fingerprint density at radius 3 is 2.81 bits per heavy atom. The molecule has 1 aromatic carbocycles. The van der Waals surface area contributed by atoms with Crippen molar-refractivity contribution in [3.05, 3.63) is 23.8 Å². The highest BCUT2D eigenvalue weighted by molar-refractivity contribution is 7.90. The number of nitrogens with one attached hydrogen (secondary N) is 1. The van der Waals surface area contributed by atoms with E-state index in [2.05, 4.69) is 0 Å². The van der Waals surface area contributed by atoms with Gasteiger partial charge in [-0.3, -0.25) is 4.79 Å². The van der Waals surface area contributed by atoms with Crippen molar-refractivity contribution in [3.8, 4) is 5.75 Å². The zero-order chi connectivity index (χ0) is 11.8. The van der Waals surface area contributed by atoms with E-state index in [0.29, 0.717) is 12.4 Å². The molecule has 0 atom stereocenters. The molecule has 0 bridgehead atoms. The lowest BCUT2D eigenvalue weighted by atomic mass is 10.2. The minimum atomic E-state index is -3.65. The van der Waals surface area contributed by atoms with Crippen LogP contribution in [0.4, 0.5) is 0 Å². The van der Waals surface area contributed by atoms with E-state index in [1.807, 2.05) is 11.6 Å². The Morgan fingerprint density at radius 1 is 1.38 bits per heavy atom. The minimum Gasteiger partial charge on any atom is -0.494 e. The van der Waals surface area contributed by atoms with E-state index in [1.54, 1.807) is 6.07 Å². The Labute approximate surface area is 93.5 Å². The summed E-state index contributed by atoms with van der Waals surface area (Å²) in [6.45, 7) is 2.50. The smallest absolute Gasteiger partial charge is 0.266 e. The second-order valence-corrected chi connectivity index (χ2v) is 5.09. The molecule has 0 aliphatic carbocycles. The van der Waals surface area contributed by atoms with Crippen LogP contribution in [-0.4, -0.2) is 20.9 Å². The van der Waals surface area contributed by atoms with Crippen LogP contribution in [0.5, 0.6) is 5.75 Å². The molecule has 0 fully saturated rings. The van der Waals surface area contributed by atoms with Crippen molar-refractivity contribution in [1.29, 1.82) is 0 Å². The van der Waals surface area contributed by atoms with Crippen LogP contribution in [-0.2, 0) is 10.0 Å². The highest BCUT2D eigenvalue weighted by Crippen LogP contribution is 2.26. The lowest BCUT2D eigenvalue weighted by Gasteiger charge is -2.04. The minimum absolute atomic E-state index is 0.0151. The molecular weight excluding hydrogens is 230 g/mol. The molecule has 0 aromatic heterocycles. The molecule has 1 N–H and O–H groups in total. The SMILES string of the molecule is CCCOc1ccc2c(c1)C(=O)NS2(=O)=O. The van der Waals surface area contributed by atoms with E-state index in [9.17, 15) is 13.2 Å².